The highest BCUT2D eigenvalue weighted by Gasteiger charge is 2.05. The van der Waals surface area contributed by atoms with Crippen molar-refractivity contribution >= 4 is 21.7 Å². The van der Waals surface area contributed by atoms with E-state index in [1.54, 1.807) is 19.3 Å². The van der Waals surface area contributed by atoms with Gasteiger partial charge in [-0.2, -0.15) is 0 Å². The van der Waals surface area contributed by atoms with Gasteiger partial charge in [0.2, 0.25) is 0 Å². The third-order valence-corrected chi connectivity index (χ3v) is 1.95. The molecule has 1 atom stereocenters. The third kappa shape index (κ3) is 3.28. The van der Waals surface area contributed by atoms with Gasteiger partial charge < -0.3 is 10.0 Å². The van der Waals surface area contributed by atoms with E-state index in [1.807, 2.05) is 11.9 Å². The summed E-state index contributed by atoms with van der Waals surface area (Å²) >= 11 is 3.20. The lowest BCUT2D eigenvalue weighted by molar-refractivity contribution is 0.201. The molecular weight excluding hydrogens is 234 g/mol. The second kappa shape index (κ2) is 4.53. The summed E-state index contributed by atoms with van der Waals surface area (Å²) in [4.78, 5) is 10.0. The molecule has 1 heterocycles. The van der Waals surface area contributed by atoms with Crippen LogP contribution in [0.15, 0.2) is 17.0 Å². The lowest BCUT2D eigenvalue weighted by atomic mass is 10.4. The molecule has 0 fully saturated rings. The van der Waals surface area contributed by atoms with E-state index in [1.165, 1.54) is 0 Å². The Morgan fingerprint density at radius 2 is 2.23 bits per heavy atom. The quantitative estimate of drug-likeness (QED) is 0.866. The summed E-state index contributed by atoms with van der Waals surface area (Å²) in [5, 5.41) is 9.14. The van der Waals surface area contributed by atoms with Crippen molar-refractivity contribution in [2.45, 2.75) is 13.0 Å². The lowest BCUT2D eigenvalue weighted by Gasteiger charge is -2.18. The Hall–Kier alpha value is -0.680. The molecule has 1 rings (SSSR count). The number of hydrogen-bond donors (Lipinski definition) is 1. The van der Waals surface area contributed by atoms with Crippen molar-refractivity contribution in [3.05, 3.63) is 17.0 Å². The van der Waals surface area contributed by atoms with Crippen LogP contribution in [-0.2, 0) is 0 Å². The lowest BCUT2D eigenvalue weighted by Crippen LogP contribution is -2.27. The van der Waals surface area contributed by atoms with Crippen LogP contribution in [0.5, 0.6) is 0 Å². The van der Waals surface area contributed by atoms with E-state index < -0.39 is 0 Å². The number of aliphatic hydroxyl groups is 1. The largest absolute Gasteiger partial charge is 0.392 e. The van der Waals surface area contributed by atoms with E-state index in [9.17, 15) is 0 Å². The van der Waals surface area contributed by atoms with Gasteiger partial charge in [-0.15, -0.1) is 0 Å². The normalized spacial score (nSPS) is 12.6. The number of nitrogens with zero attached hydrogens (tertiary/aromatic N) is 3. The van der Waals surface area contributed by atoms with Gasteiger partial charge in [0, 0.05) is 13.6 Å². The Labute approximate surface area is 85.8 Å². The summed E-state index contributed by atoms with van der Waals surface area (Å²) in [7, 11) is 1.87. The number of aromatic nitrogens is 2. The van der Waals surface area contributed by atoms with E-state index in [0.717, 1.165) is 5.82 Å². The number of hydrogen-bond acceptors (Lipinski definition) is 4. The first-order valence-electron chi connectivity index (χ1n) is 3.96. The smallest absolute Gasteiger partial charge is 0.146 e. The molecule has 5 heteroatoms. The van der Waals surface area contributed by atoms with E-state index in [2.05, 4.69) is 25.9 Å². The number of halogens is 1. The molecular formula is C8H12BrN3O. The molecule has 0 saturated carbocycles. The molecule has 0 spiro atoms. The van der Waals surface area contributed by atoms with E-state index in [0.29, 0.717) is 11.1 Å². The molecule has 1 aromatic heterocycles. The fourth-order valence-corrected chi connectivity index (χ4v) is 1.20. The van der Waals surface area contributed by atoms with Crippen molar-refractivity contribution in [2.24, 2.45) is 0 Å². The summed E-state index contributed by atoms with van der Waals surface area (Å²) < 4.78 is 0.710. The van der Waals surface area contributed by atoms with Gasteiger partial charge in [0.15, 0.2) is 0 Å². The molecule has 0 bridgehead atoms. The molecule has 0 aliphatic rings. The van der Waals surface area contributed by atoms with Gasteiger partial charge in [-0.1, -0.05) is 0 Å². The SMILES string of the molecule is CC(O)CN(C)c1cnc(Br)cn1. The minimum atomic E-state index is -0.365. The number of rotatable bonds is 3. The average molecular weight is 246 g/mol. The summed E-state index contributed by atoms with van der Waals surface area (Å²) in [6, 6.07) is 0. The van der Waals surface area contributed by atoms with Crippen molar-refractivity contribution in [1.29, 1.82) is 0 Å². The van der Waals surface area contributed by atoms with Crippen LogP contribution < -0.4 is 4.90 Å². The third-order valence-electron chi connectivity index (χ3n) is 1.54. The second-order valence-electron chi connectivity index (χ2n) is 2.93. The Balaban J connectivity index is 2.66. The van der Waals surface area contributed by atoms with Crippen molar-refractivity contribution in [3.8, 4) is 0 Å². The fourth-order valence-electron chi connectivity index (χ4n) is 0.992. The molecule has 0 radical (unpaired) electrons. The van der Waals surface area contributed by atoms with Crippen LogP contribution in [0.25, 0.3) is 0 Å². The van der Waals surface area contributed by atoms with Crippen LogP contribution >= 0.6 is 15.9 Å². The van der Waals surface area contributed by atoms with E-state index >= 15 is 0 Å². The van der Waals surface area contributed by atoms with Crippen LogP contribution in [0.1, 0.15) is 6.92 Å². The molecule has 4 nitrogen and oxygen atoms in total. The minimum Gasteiger partial charge on any atom is -0.392 e. The van der Waals surface area contributed by atoms with Gasteiger partial charge in [0.1, 0.15) is 10.4 Å². The molecule has 1 aromatic rings. The molecule has 0 aliphatic heterocycles. The zero-order valence-corrected chi connectivity index (χ0v) is 9.19. The minimum absolute atomic E-state index is 0.365. The predicted octanol–water partition coefficient (Wildman–Crippen LogP) is 1.06. The highest BCUT2D eigenvalue weighted by molar-refractivity contribution is 9.10. The highest BCUT2D eigenvalue weighted by Crippen LogP contribution is 2.09. The average Bonchev–Trinajstić information content (AvgIpc) is 2.04. The van der Waals surface area contributed by atoms with Gasteiger partial charge in [0.25, 0.3) is 0 Å². The Morgan fingerprint density at radius 3 is 2.69 bits per heavy atom. The zero-order valence-electron chi connectivity index (χ0n) is 7.61. The first kappa shape index (κ1) is 10.4. The summed E-state index contributed by atoms with van der Waals surface area (Å²) in [5.41, 5.74) is 0. The van der Waals surface area contributed by atoms with Gasteiger partial charge in [-0.3, -0.25) is 0 Å². The Kier molecular flexibility index (Phi) is 3.62. The maximum absolute atomic E-state index is 9.14. The maximum atomic E-state index is 9.14. The maximum Gasteiger partial charge on any atom is 0.146 e. The van der Waals surface area contributed by atoms with Crippen LogP contribution in [-0.4, -0.2) is 34.8 Å². The van der Waals surface area contributed by atoms with Crippen molar-refractivity contribution in [2.75, 3.05) is 18.5 Å². The molecule has 0 aromatic carbocycles. The molecule has 1 unspecified atom stereocenters. The van der Waals surface area contributed by atoms with Gasteiger partial charge in [-0.25, -0.2) is 9.97 Å². The second-order valence-corrected chi connectivity index (χ2v) is 3.74. The Morgan fingerprint density at radius 1 is 1.54 bits per heavy atom. The monoisotopic (exact) mass is 245 g/mol. The molecule has 13 heavy (non-hydrogen) atoms. The number of likely N-dealkylation sites (N-methyl/N-ethyl adjacent to an activating group) is 1. The summed E-state index contributed by atoms with van der Waals surface area (Å²) in [6.07, 6.45) is 2.93. The molecule has 0 aliphatic carbocycles. The van der Waals surface area contributed by atoms with Crippen molar-refractivity contribution in [1.82, 2.24) is 9.97 Å². The molecule has 1 N–H and O–H groups in total. The van der Waals surface area contributed by atoms with Gasteiger partial charge in [-0.05, 0) is 22.9 Å². The van der Waals surface area contributed by atoms with Crippen LogP contribution in [0.4, 0.5) is 5.82 Å². The van der Waals surface area contributed by atoms with E-state index in [-0.39, 0.29) is 6.10 Å². The van der Waals surface area contributed by atoms with Gasteiger partial charge >= 0.3 is 0 Å². The highest BCUT2D eigenvalue weighted by atomic mass is 79.9. The zero-order chi connectivity index (χ0) is 9.84. The van der Waals surface area contributed by atoms with Crippen LogP contribution in [0, 0.1) is 0 Å². The molecule has 0 amide bonds. The van der Waals surface area contributed by atoms with Crippen molar-refractivity contribution in [3.63, 3.8) is 0 Å². The summed E-state index contributed by atoms with van der Waals surface area (Å²) in [6.45, 7) is 2.29. The Bertz CT molecular complexity index is 263. The standard InChI is InChI=1S/C8H12BrN3O/c1-6(13)5-12(2)8-4-10-7(9)3-11-8/h3-4,6,13H,5H2,1-2H3. The summed E-state index contributed by atoms with van der Waals surface area (Å²) in [5.74, 6) is 0.754. The number of aliphatic hydroxyl groups excluding tert-OH is 1. The van der Waals surface area contributed by atoms with Crippen LogP contribution in [0.3, 0.4) is 0 Å². The molecule has 0 saturated heterocycles. The first-order valence-corrected chi connectivity index (χ1v) is 4.75. The number of anilines is 1. The fraction of sp³-hybridized carbons (Fsp3) is 0.500. The van der Waals surface area contributed by atoms with E-state index in [4.69, 9.17) is 5.11 Å². The van der Waals surface area contributed by atoms with Gasteiger partial charge in [0.05, 0.1) is 18.5 Å². The molecule has 72 valence electrons. The topological polar surface area (TPSA) is 49.2 Å². The first-order chi connectivity index (χ1) is 6.09. The van der Waals surface area contributed by atoms with Crippen molar-refractivity contribution < 1.29 is 5.11 Å². The van der Waals surface area contributed by atoms with Crippen LogP contribution in [0.2, 0.25) is 0 Å². The predicted molar refractivity (Wildman–Crippen MR) is 54.7 cm³/mol.